The summed E-state index contributed by atoms with van der Waals surface area (Å²) in [5, 5.41) is 78.9. The summed E-state index contributed by atoms with van der Waals surface area (Å²) in [6, 6.07) is 0.430. The quantitative estimate of drug-likeness (QED) is 0.0142. The third-order valence-electron chi connectivity index (χ3n) is 16.9. The topological polar surface area (TPSA) is 664 Å². The Morgan fingerprint density at radius 1 is 0.405 bits per heavy atom. The highest BCUT2D eigenvalue weighted by Crippen LogP contribution is 2.17. The Morgan fingerprint density at radius 2 is 0.784 bits per heavy atom. The molecule has 39 nitrogen and oxygen atoms in total. The lowest BCUT2D eigenvalue weighted by Crippen LogP contribution is -2.61. The largest absolute Gasteiger partial charge is 0.508 e. The zero-order valence-corrected chi connectivity index (χ0v) is 63.1. The third-order valence-corrected chi connectivity index (χ3v) is 16.9. The van der Waals surface area contributed by atoms with Gasteiger partial charge in [0.25, 0.3) is 0 Å². The minimum atomic E-state index is -2.06. The number of amides is 15. The zero-order valence-electron chi connectivity index (χ0n) is 63.1. The summed E-state index contributed by atoms with van der Waals surface area (Å²) in [7, 11) is 0. The summed E-state index contributed by atoms with van der Waals surface area (Å²) in [6.45, 7) is 11.6. The molecule has 0 saturated heterocycles. The second-order valence-corrected chi connectivity index (χ2v) is 27.9. The number of carbonyl (C=O) groups is 16. The van der Waals surface area contributed by atoms with Crippen molar-refractivity contribution in [2.45, 2.75) is 205 Å². The van der Waals surface area contributed by atoms with Crippen molar-refractivity contribution in [1.82, 2.24) is 69.1 Å². The summed E-state index contributed by atoms with van der Waals surface area (Å²) in [5.41, 5.74) is 29.4. The molecule has 15 amide bonds. The third kappa shape index (κ3) is 34.8. The number of hydrogen-bond donors (Lipinski definition) is 23. The number of hydrogen-bond acceptors (Lipinski definition) is 21. The average Bonchev–Trinajstić information content (AvgIpc) is 0.850. The first-order valence-corrected chi connectivity index (χ1v) is 35.8. The number of phenols is 2. The van der Waals surface area contributed by atoms with Crippen molar-refractivity contribution >= 4 is 101 Å². The van der Waals surface area contributed by atoms with Gasteiger partial charge < -0.3 is 118 Å². The lowest BCUT2D eigenvalue weighted by atomic mass is 9.99. The van der Waals surface area contributed by atoms with E-state index in [2.05, 4.69) is 69.1 Å². The molecule has 0 bridgehead atoms. The predicted molar refractivity (Wildman–Crippen MR) is 400 cm³/mol. The smallest absolute Gasteiger partial charge is 0.326 e. The summed E-state index contributed by atoms with van der Waals surface area (Å²) in [4.78, 5) is 218. The van der Waals surface area contributed by atoms with E-state index in [4.69, 9.17) is 34.1 Å². The number of phenolic OH excluding ortho intramolecular Hbond substituents is 2. The van der Waals surface area contributed by atoms with E-state index in [-0.39, 0.29) is 74.8 Å². The molecule has 0 radical (unpaired) electrons. The fourth-order valence-corrected chi connectivity index (χ4v) is 10.9. The first kappa shape index (κ1) is 93.2. The summed E-state index contributed by atoms with van der Waals surface area (Å²) in [6.07, 6.45) is -5.71. The summed E-state index contributed by atoms with van der Waals surface area (Å²) < 4.78 is 0. The fraction of sp³-hybridized carbons (Fsp3) is 0.514. The van der Waals surface area contributed by atoms with Crippen molar-refractivity contribution in [3.8, 4) is 11.5 Å². The van der Waals surface area contributed by atoms with Crippen molar-refractivity contribution < 1.29 is 97.1 Å². The van der Waals surface area contributed by atoms with Crippen LogP contribution in [0.15, 0.2) is 78.9 Å². The summed E-state index contributed by atoms with van der Waals surface area (Å²) >= 11 is 0. The molecule has 39 heteroatoms. The number of nitrogens with two attached hydrogens (primary N) is 5. The Labute approximate surface area is 641 Å². The molecule has 0 aliphatic heterocycles. The van der Waals surface area contributed by atoms with Crippen LogP contribution in [-0.2, 0) is 96.0 Å². The molecule has 0 aliphatic carbocycles. The lowest BCUT2D eigenvalue weighted by Gasteiger charge is -2.29. The number of guanidine groups is 1. The van der Waals surface area contributed by atoms with Gasteiger partial charge in [-0.1, -0.05) is 96.1 Å². The molecule has 3 aromatic rings. The van der Waals surface area contributed by atoms with E-state index < -0.39 is 217 Å². The maximum atomic E-state index is 14.7. The highest BCUT2D eigenvalue weighted by molar-refractivity contribution is 6.01. The minimum Gasteiger partial charge on any atom is -0.508 e. The van der Waals surface area contributed by atoms with Gasteiger partial charge in [-0.3, -0.25) is 77.3 Å². The molecule has 0 heterocycles. The maximum absolute atomic E-state index is 14.7. The second-order valence-electron chi connectivity index (χ2n) is 27.9. The van der Waals surface area contributed by atoms with Gasteiger partial charge in [-0.25, -0.2) is 4.79 Å². The highest BCUT2D eigenvalue weighted by Gasteiger charge is 2.38. The van der Waals surface area contributed by atoms with E-state index in [9.17, 15) is 97.1 Å². The molecule has 0 aliphatic rings. The van der Waals surface area contributed by atoms with Crippen LogP contribution in [0.4, 0.5) is 0 Å². The van der Waals surface area contributed by atoms with Crippen LogP contribution in [0.3, 0.4) is 0 Å². The van der Waals surface area contributed by atoms with Crippen molar-refractivity contribution in [2.24, 2.45) is 46.4 Å². The number of carbonyl (C=O) groups excluding carboxylic acids is 15. The van der Waals surface area contributed by atoms with Crippen LogP contribution in [0.2, 0.25) is 0 Å². The average molecular weight is 1560 g/mol. The Bertz CT molecular complexity index is 3730. The minimum absolute atomic E-state index is 0.0424. The molecular weight excluding hydrogens is 1450 g/mol. The van der Waals surface area contributed by atoms with Gasteiger partial charge in [-0.05, 0) is 105 Å². The van der Waals surface area contributed by atoms with Crippen LogP contribution in [0.1, 0.15) is 123 Å². The van der Waals surface area contributed by atoms with Gasteiger partial charge in [0.1, 0.15) is 84.0 Å². The van der Waals surface area contributed by atoms with E-state index in [1.165, 1.54) is 62.4 Å². The molecular formula is C72H107N19O20. The molecule has 3 aromatic carbocycles. The number of primary amides is 3. The molecule has 0 unspecified atom stereocenters. The van der Waals surface area contributed by atoms with Crippen molar-refractivity contribution in [2.75, 3.05) is 13.1 Å². The normalized spacial score (nSPS) is 14.6. The summed E-state index contributed by atoms with van der Waals surface area (Å²) in [5.74, 6) is -19.4. The monoisotopic (exact) mass is 1560 g/mol. The van der Waals surface area contributed by atoms with Crippen LogP contribution in [0, 0.1) is 23.2 Å². The molecule has 0 fully saturated rings. The van der Waals surface area contributed by atoms with Crippen molar-refractivity contribution in [3.63, 3.8) is 0 Å². The van der Waals surface area contributed by atoms with E-state index in [1.807, 2.05) is 0 Å². The molecule has 111 heavy (non-hydrogen) atoms. The van der Waals surface area contributed by atoms with E-state index in [0.29, 0.717) is 16.7 Å². The standard InChI is InChI=1S/C72H107N19O20/c1-35(2)27-47(86-64(103)49(30-41-16-20-43(93)21-17-41)87-65(104)50(29-40-13-10-9-11-14-40)90-69(108)58(76)39(8)92)63(102)83-45(15-12-26-79-72(77)78)61(100)88-52(33-56(75)97)67(106)89-51(32-55(74)96)66(105)84-46(24-25-54(73)95)62(101)85-48(28-36(3)4)68(107)91-59(37(5)6)70(109)81-38(7)60(99)80-34-57(98)82-53(71(110)111)31-42-18-22-44(94)23-19-42/h9-11,13-14,16-23,35-39,45-53,58-59,92-94H,12,15,24-34,76H2,1-8H3,(H2,73,95)(H2,74,96)(H2,75,97)(H,80,99)(H,81,109)(H,82,98)(H,83,102)(H,84,105)(H,85,101)(H,86,103)(H,87,104)(H,88,100)(H,89,106)(H,90,108)(H,91,107)(H,110,111)(H4,77,78,79)/t38-,39+,45-,46-,47-,48-,49-,50-,51-,52-,53-,58-,59-/m0/s1. The van der Waals surface area contributed by atoms with Crippen molar-refractivity contribution in [1.29, 1.82) is 5.41 Å². The van der Waals surface area contributed by atoms with Crippen LogP contribution < -0.4 is 97.8 Å². The number of benzene rings is 3. The van der Waals surface area contributed by atoms with E-state index >= 15 is 0 Å². The lowest BCUT2D eigenvalue weighted by molar-refractivity contribution is -0.141. The zero-order chi connectivity index (χ0) is 83.5. The van der Waals surface area contributed by atoms with E-state index in [0.717, 1.165) is 0 Å². The van der Waals surface area contributed by atoms with Gasteiger partial charge in [0.2, 0.25) is 88.6 Å². The van der Waals surface area contributed by atoms with Gasteiger partial charge >= 0.3 is 5.97 Å². The van der Waals surface area contributed by atoms with Gasteiger partial charge in [-0.2, -0.15) is 0 Å². The van der Waals surface area contributed by atoms with Gasteiger partial charge in [0, 0.05) is 32.2 Å². The number of aliphatic carboxylic acids is 1. The number of carboxylic acids is 1. The Balaban J connectivity index is 1.92. The van der Waals surface area contributed by atoms with E-state index in [1.54, 1.807) is 71.9 Å². The number of carboxylic acid groups (broad SMARTS) is 1. The Hall–Kier alpha value is -12.0. The molecule has 0 aromatic heterocycles. The predicted octanol–water partition coefficient (Wildman–Crippen LogP) is -5.58. The first-order valence-electron chi connectivity index (χ1n) is 35.8. The van der Waals surface area contributed by atoms with Gasteiger partial charge in [0.15, 0.2) is 5.96 Å². The molecule has 28 N–H and O–H groups in total. The molecule has 13 atom stereocenters. The van der Waals surface area contributed by atoms with Crippen LogP contribution in [0.25, 0.3) is 0 Å². The molecule has 0 saturated carbocycles. The number of nitrogens with one attached hydrogen (secondary N) is 14. The molecule has 0 spiro atoms. The first-order chi connectivity index (χ1) is 52.0. The van der Waals surface area contributed by atoms with Gasteiger partial charge in [-0.15, -0.1) is 0 Å². The number of aliphatic hydroxyl groups is 1. The maximum Gasteiger partial charge on any atom is 0.326 e. The SMILES string of the molecule is CC(C)C[C@H](NC(=O)[C@H](Cc1ccc(O)cc1)NC(=O)[C@H](Cc1ccccc1)NC(=O)[C@@H](N)[C@@H](C)O)C(=O)N[C@@H](CCCNC(=N)N)C(=O)N[C@@H](CC(N)=O)C(=O)N[C@@H](CC(N)=O)C(=O)N[C@@H](CCC(N)=O)C(=O)N[C@@H](CC(C)C)C(=O)N[C@H](C(=O)N[C@@H](C)C(=O)NCC(=O)N[C@@H](Cc1ccc(O)cc1)C(=O)O)C(C)C. The highest BCUT2D eigenvalue weighted by atomic mass is 16.4. The number of aromatic hydroxyl groups is 2. The molecule has 3 rings (SSSR count). The fourth-order valence-electron chi connectivity index (χ4n) is 10.9. The second kappa shape index (κ2) is 46.4. The number of aliphatic hydroxyl groups excluding tert-OH is 1. The van der Waals surface area contributed by atoms with Crippen LogP contribution >= 0.6 is 0 Å². The Kier molecular flexibility index (Phi) is 38.9. The van der Waals surface area contributed by atoms with Crippen LogP contribution in [0.5, 0.6) is 11.5 Å². The number of rotatable bonds is 48. The van der Waals surface area contributed by atoms with Crippen LogP contribution in [-0.4, -0.2) is 213 Å². The molecule has 610 valence electrons. The van der Waals surface area contributed by atoms with Crippen molar-refractivity contribution in [3.05, 3.63) is 95.6 Å². The Morgan fingerprint density at radius 3 is 1.20 bits per heavy atom. The van der Waals surface area contributed by atoms with Gasteiger partial charge in [0.05, 0.1) is 25.5 Å².